The molecule has 5 nitrogen and oxygen atoms in total. The number of aromatic nitrogens is 2. The lowest BCUT2D eigenvalue weighted by Gasteiger charge is -2.26. The predicted octanol–water partition coefficient (Wildman–Crippen LogP) is 2.44. The maximum atomic E-state index is 12.8. The van der Waals surface area contributed by atoms with Gasteiger partial charge in [0.15, 0.2) is 0 Å². The third-order valence-corrected chi connectivity index (χ3v) is 4.04. The molecule has 1 aromatic heterocycles. The van der Waals surface area contributed by atoms with Crippen molar-refractivity contribution in [1.29, 1.82) is 0 Å². The third-order valence-electron chi connectivity index (χ3n) is 4.04. The van der Waals surface area contributed by atoms with Gasteiger partial charge in [-0.15, -0.1) is 5.10 Å². The number of amides is 1. The Labute approximate surface area is 124 Å². The van der Waals surface area contributed by atoms with Gasteiger partial charge in [-0.2, -0.15) is 5.10 Å². The van der Waals surface area contributed by atoms with Gasteiger partial charge >= 0.3 is 0 Å². The summed E-state index contributed by atoms with van der Waals surface area (Å²) >= 11 is 0. The highest BCUT2D eigenvalue weighted by Crippen LogP contribution is 2.42. The molecule has 0 saturated carbocycles. The monoisotopic (exact) mass is 282 g/mol. The van der Waals surface area contributed by atoms with Crippen molar-refractivity contribution in [2.24, 2.45) is 0 Å². The molecular formula is C16H18N4O. The first kappa shape index (κ1) is 13.5. The topological polar surface area (TPSA) is 58.1 Å². The third kappa shape index (κ3) is 1.88. The van der Waals surface area contributed by atoms with E-state index in [0.717, 1.165) is 16.8 Å². The summed E-state index contributed by atoms with van der Waals surface area (Å²) < 4.78 is 0. The van der Waals surface area contributed by atoms with Crippen LogP contribution in [0.1, 0.15) is 19.5 Å². The number of rotatable bonds is 1. The van der Waals surface area contributed by atoms with E-state index in [0.29, 0.717) is 11.5 Å². The zero-order valence-corrected chi connectivity index (χ0v) is 12.6. The molecule has 108 valence electrons. The molecule has 1 aliphatic heterocycles. The molecule has 0 saturated heterocycles. The predicted molar refractivity (Wildman–Crippen MR) is 83.5 cm³/mol. The smallest absolute Gasteiger partial charge is 0.238 e. The molecular weight excluding hydrogens is 264 g/mol. The molecule has 0 bridgehead atoms. The molecule has 21 heavy (non-hydrogen) atoms. The Morgan fingerprint density at radius 2 is 1.86 bits per heavy atom. The quantitative estimate of drug-likeness (QED) is 0.872. The molecule has 0 atom stereocenters. The van der Waals surface area contributed by atoms with Gasteiger partial charge in [-0.3, -0.25) is 4.79 Å². The Morgan fingerprint density at radius 3 is 2.57 bits per heavy atom. The highest BCUT2D eigenvalue weighted by molar-refractivity contribution is 6.06. The van der Waals surface area contributed by atoms with Gasteiger partial charge in [0.2, 0.25) is 5.91 Å². The van der Waals surface area contributed by atoms with Crippen molar-refractivity contribution in [2.75, 3.05) is 24.3 Å². The second-order valence-electron chi connectivity index (χ2n) is 5.75. The van der Waals surface area contributed by atoms with E-state index in [1.807, 2.05) is 44.2 Å². The Morgan fingerprint density at radius 1 is 1.14 bits per heavy atom. The minimum Gasteiger partial charge on any atom is -0.372 e. The van der Waals surface area contributed by atoms with Crippen LogP contribution in [0.25, 0.3) is 11.1 Å². The number of nitrogens with zero attached hydrogens (tertiary/aromatic N) is 3. The molecule has 1 aliphatic rings. The minimum atomic E-state index is -0.720. The van der Waals surface area contributed by atoms with Crippen LogP contribution >= 0.6 is 0 Å². The maximum Gasteiger partial charge on any atom is 0.238 e. The van der Waals surface area contributed by atoms with Crippen molar-refractivity contribution in [3.63, 3.8) is 0 Å². The van der Waals surface area contributed by atoms with Crippen LogP contribution in [-0.4, -0.2) is 30.2 Å². The minimum absolute atomic E-state index is 0.0141. The summed E-state index contributed by atoms with van der Waals surface area (Å²) in [6, 6.07) is 9.83. The first-order chi connectivity index (χ1) is 9.96. The largest absolute Gasteiger partial charge is 0.372 e. The number of hydrogen-bond acceptors (Lipinski definition) is 4. The van der Waals surface area contributed by atoms with Gasteiger partial charge in [-0.05, 0) is 26.0 Å². The number of likely N-dealkylation sites (N-methyl/N-ethyl adjacent to an activating group) is 1. The fourth-order valence-electron chi connectivity index (χ4n) is 2.80. The first-order valence-corrected chi connectivity index (χ1v) is 6.90. The fraction of sp³-hybridized carbons (Fsp3) is 0.312. The summed E-state index contributed by atoms with van der Waals surface area (Å²) in [4.78, 5) is 14.5. The summed E-state index contributed by atoms with van der Waals surface area (Å²) in [6.45, 7) is 3.79. The highest BCUT2D eigenvalue weighted by atomic mass is 16.2. The fourth-order valence-corrected chi connectivity index (χ4v) is 2.80. The number of para-hydroxylation sites is 1. The summed E-state index contributed by atoms with van der Waals surface area (Å²) in [5.41, 5.74) is 2.84. The SMILES string of the molecule is CNc1cc2c(nn1)C(C)(C)C(=O)N(C)c1ccccc1-2. The van der Waals surface area contributed by atoms with Crippen LogP contribution in [0.2, 0.25) is 0 Å². The molecule has 0 radical (unpaired) electrons. The first-order valence-electron chi connectivity index (χ1n) is 6.90. The van der Waals surface area contributed by atoms with E-state index in [2.05, 4.69) is 15.5 Å². The molecule has 3 rings (SSSR count). The number of benzene rings is 1. The van der Waals surface area contributed by atoms with Gasteiger partial charge < -0.3 is 10.2 Å². The molecule has 1 amide bonds. The summed E-state index contributed by atoms with van der Waals surface area (Å²) in [5.74, 6) is 0.705. The average molecular weight is 282 g/mol. The highest BCUT2D eigenvalue weighted by Gasteiger charge is 2.40. The molecule has 2 aromatic rings. The van der Waals surface area contributed by atoms with Crippen LogP contribution in [0.4, 0.5) is 11.5 Å². The van der Waals surface area contributed by atoms with Crippen LogP contribution in [0.5, 0.6) is 0 Å². The van der Waals surface area contributed by atoms with Gasteiger partial charge in [-0.25, -0.2) is 0 Å². The summed E-state index contributed by atoms with van der Waals surface area (Å²) in [6.07, 6.45) is 0. The molecule has 0 unspecified atom stereocenters. The van der Waals surface area contributed by atoms with Crippen LogP contribution < -0.4 is 10.2 Å². The van der Waals surface area contributed by atoms with Crippen molar-refractivity contribution in [2.45, 2.75) is 19.3 Å². The van der Waals surface area contributed by atoms with E-state index < -0.39 is 5.41 Å². The molecule has 0 spiro atoms. The van der Waals surface area contributed by atoms with Crippen LogP contribution in [0.15, 0.2) is 30.3 Å². The van der Waals surface area contributed by atoms with Gasteiger partial charge in [0.1, 0.15) is 5.82 Å². The van der Waals surface area contributed by atoms with Crippen molar-refractivity contribution in [3.8, 4) is 11.1 Å². The van der Waals surface area contributed by atoms with E-state index in [1.165, 1.54) is 0 Å². The molecule has 1 N–H and O–H groups in total. The van der Waals surface area contributed by atoms with E-state index in [1.54, 1.807) is 19.0 Å². The summed E-state index contributed by atoms with van der Waals surface area (Å²) in [5, 5.41) is 11.5. The van der Waals surface area contributed by atoms with Crippen molar-refractivity contribution in [3.05, 3.63) is 36.0 Å². The lowest BCUT2D eigenvalue weighted by atomic mass is 9.85. The molecule has 2 heterocycles. The van der Waals surface area contributed by atoms with Gasteiger partial charge in [0, 0.05) is 25.2 Å². The molecule has 0 fully saturated rings. The van der Waals surface area contributed by atoms with Crippen LogP contribution in [-0.2, 0) is 10.2 Å². The lowest BCUT2D eigenvalue weighted by molar-refractivity contribution is -0.122. The Kier molecular flexibility index (Phi) is 2.93. The van der Waals surface area contributed by atoms with Crippen molar-refractivity contribution >= 4 is 17.4 Å². The van der Waals surface area contributed by atoms with Gasteiger partial charge in [-0.1, -0.05) is 18.2 Å². The second kappa shape index (κ2) is 4.55. The number of anilines is 2. The lowest BCUT2D eigenvalue weighted by Crippen LogP contribution is -2.41. The van der Waals surface area contributed by atoms with Crippen LogP contribution in [0.3, 0.4) is 0 Å². The standard InChI is InChI=1S/C16H18N4O/c1-16(2)14-11(9-13(17-3)18-19-14)10-7-5-6-8-12(10)20(4)15(16)21/h5-9H,1-4H3,(H,17,18). The zero-order valence-electron chi connectivity index (χ0n) is 12.6. The number of carbonyl (C=O) groups excluding carboxylic acids is 1. The Bertz CT molecular complexity index is 724. The maximum absolute atomic E-state index is 12.8. The number of nitrogens with one attached hydrogen (secondary N) is 1. The zero-order chi connectivity index (χ0) is 15.2. The second-order valence-corrected chi connectivity index (χ2v) is 5.75. The number of hydrogen-bond donors (Lipinski definition) is 1. The Hall–Kier alpha value is -2.43. The normalized spacial score (nSPS) is 16.0. The van der Waals surface area contributed by atoms with Crippen LogP contribution in [0, 0.1) is 0 Å². The number of fused-ring (bicyclic) bond motifs is 3. The van der Waals surface area contributed by atoms with E-state index in [4.69, 9.17) is 0 Å². The Balaban J connectivity index is 2.39. The molecule has 0 aliphatic carbocycles. The van der Waals surface area contributed by atoms with E-state index >= 15 is 0 Å². The summed E-state index contributed by atoms with van der Waals surface area (Å²) in [7, 11) is 3.61. The van der Waals surface area contributed by atoms with Crippen molar-refractivity contribution in [1.82, 2.24) is 10.2 Å². The van der Waals surface area contributed by atoms with Gasteiger partial charge in [0.05, 0.1) is 16.8 Å². The van der Waals surface area contributed by atoms with E-state index in [9.17, 15) is 4.79 Å². The molecule has 1 aromatic carbocycles. The average Bonchev–Trinajstić information content (AvgIpc) is 2.57. The molecule has 5 heteroatoms. The van der Waals surface area contributed by atoms with E-state index in [-0.39, 0.29) is 5.91 Å². The number of carbonyl (C=O) groups is 1. The van der Waals surface area contributed by atoms with Gasteiger partial charge in [0.25, 0.3) is 0 Å². The van der Waals surface area contributed by atoms with Crippen molar-refractivity contribution < 1.29 is 4.79 Å².